The summed E-state index contributed by atoms with van der Waals surface area (Å²) in [5.41, 5.74) is 1.51. The Labute approximate surface area is 99.0 Å². The van der Waals surface area contributed by atoms with E-state index in [-0.39, 0.29) is 0 Å². The van der Waals surface area contributed by atoms with Gasteiger partial charge in [-0.15, -0.1) is 0 Å². The number of hydrogen-bond acceptors (Lipinski definition) is 2. The second-order valence-electron chi connectivity index (χ2n) is 5.08. The van der Waals surface area contributed by atoms with Crippen LogP contribution in [0.3, 0.4) is 0 Å². The number of allylic oxidation sites excluding steroid dienone is 1. The van der Waals surface area contributed by atoms with Crippen molar-refractivity contribution in [2.24, 2.45) is 5.92 Å². The van der Waals surface area contributed by atoms with Gasteiger partial charge in [0.05, 0.1) is 12.9 Å². The molecule has 2 rings (SSSR count). The maximum absolute atomic E-state index is 5.64. The van der Waals surface area contributed by atoms with Crippen LogP contribution in [0.1, 0.15) is 51.4 Å². The van der Waals surface area contributed by atoms with Crippen molar-refractivity contribution in [3.8, 4) is 0 Å². The second kappa shape index (κ2) is 6.95. The summed E-state index contributed by atoms with van der Waals surface area (Å²) in [5.74, 6) is 0.726. The van der Waals surface area contributed by atoms with E-state index >= 15 is 0 Å². The van der Waals surface area contributed by atoms with Crippen LogP contribution in [-0.2, 0) is 9.47 Å². The highest BCUT2D eigenvalue weighted by atomic mass is 16.5. The third-order valence-electron chi connectivity index (χ3n) is 3.64. The molecule has 0 aromatic carbocycles. The molecule has 0 aromatic rings. The van der Waals surface area contributed by atoms with Crippen molar-refractivity contribution in [1.29, 1.82) is 0 Å². The van der Waals surface area contributed by atoms with Gasteiger partial charge in [0.1, 0.15) is 0 Å². The van der Waals surface area contributed by atoms with Gasteiger partial charge in [0.25, 0.3) is 0 Å². The molecule has 1 aliphatic heterocycles. The smallest absolute Gasteiger partial charge is 0.0876 e. The minimum absolute atomic E-state index is 0.726. The van der Waals surface area contributed by atoms with Crippen molar-refractivity contribution in [1.82, 2.24) is 0 Å². The molecule has 1 saturated carbocycles. The molecule has 2 aliphatic rings. The van der Waals surface area contributed by atoms with Crippen LogP contribution in [0.5, 0.6) is 0 Å². The van der Waals surface area contributed by atoms with Gasteiger partial charge >= 0.3 is 0 Å². The molecule has 0 N–H and O–H groups in total. The van der Waals surface area contributed by atoms with Crippen LogP contribution in [0.4, 0.5) is 0 Å². The Balaban J connectivity index is 1.57. The monoisotopic (exact) mass is 224 g/mol. The second-order valence-corrected chi connectivity index (χ2v) is 5.08. The average Bonchev–Trinajstić information content (AvgIpc) is 2.68. The molecule has 2 fully saturated rings. The van der Waals surface area contributed by atoms with Gasteiger partial charge in [-0.1, -0.05) is 6.42 Å². The van der Waals surface area contributed by atoms with E-state index < -0.39 is 0 Å². The Kier molecular flexibility index (Phi) is 5.20. The van der Waals surface area contributed by atoms with Crippen LogP contribution < -0.4 is 0 Å². The van der Waals surface area contributed by atoms with Crippen molar-refractivity contribution in [2.75, 3.05) is 19.8 Å². The highest BCUT2D eigenvalue weighted by Crippen LogP contribution is 2.23. The van der Waals surface area contributed by atoms with E-state index in [1.165, 1.54) is 50.5 Å². The van der Waals surface area contributed by atoms with Gasteiger partial charge in [0.15, 0.2) is 0 Å². The molecule has 1 saturated heterocycles. The zero-order chi connectivity index (χ0) is 11.1. The molecule has 0 bridgehead atoms. The first-order chi connectivity index (χ1) is 7.95. The van der Waals surface area contributed by atoms with Gasteiger partial charge in [-0.2, -0.15) is 0 Å². The summed E-state index contributed by atoms with van der Waals surface area (Å²) in [7, 11) is 0. The van der Waals surface area contributed by atoms with Crippen molar-refractivity contribution >= 4 is 0 Å². The van der Waals surface area contributed by atoms with Crippen LogP contribution in [-0.4, -0.2) is 19.8 Å². The lowest BCUT2D eigenvalue weighted by Gasteiger charge is -2.12. The zero-order valence-electron chi connectivity index (χ0n) is 10.2. The molecule has 92 valence electrons. The van der Waals surface area contributed by atoms with E-state index in [4.69, 9.17) is 9.47 Å². The zero-order valence-corrected chi connectivity index (χ0v) is 10.2. The predicted molar refractivity (Wildman–Crippen MR) is 65.3 cm³/mol. The summed E-state index contributed by atoms with van der Waals surface area (Å²) in [6.45, 7) is 2.78. The SMILES string of the molecule is C(OCCC1CCCCOC1)=C1CCCC1. The fourth-order valence-corrected chi connectivity index (χ4v) is 2.56. The number of rotatable bonds is 4. The topological polar surface area (TPSA) is 18.5 Å². The van der Waals surface area contributed by atoms with Crippen molar-refractivity contribution < 1.29 is 9.47 Å². The lowest BCUT2D eigenvalue weighted by Crippen LogP contribution is -2.09. The average molecular weight is 224 g/mol. The van der Waals surface area contributed by atoms with E-state index in [1.807, 2.05) is 6.26 Å². The van der Waals surface area contributed by atoms with E-state index in [0.29, 0.717) is 0 Å². The van der Waals surface area contributed by atoms with Crippen molar-refractivity contribution in [2.45, 2.75) is 51.4 Å². The van der Waals surface area contributed by atoms with E-state index in [1.54, 1.807) is 0 Å². The standard InChI is InChI=1S/C14H24O2/c1-2-6-13(5-1)11-16-10-8-14-7-3-4-9-15-12-14/h11,14H,1-10,12H2. The summed E-state index contributed by atoms with van der Waals surface area (Å²) in [6.07, 6.45) is 12.3. The fraction of sp³-hybridized carbons (Fsp3) is 0.857. The van der Waals surface area contributed by atoms with Gasteiger partial charge in [0, 0.05) is 13.2 Å². The molecule has 16 heavy (non-hydrogen) atoms. The molecule has 0 radical (unpaired) electrons. The van der Waals surface area contributed by atoms with Crippen LogP contribution >= 0.6 is 0 Å². The van der Waals surface area contributed by atoms with E-state index in [9.17, 15) is 0 Å². The van der Waals surface area contributed by atoms with Gasteiger partial charge in [-0.3, -0.25) is 0 Å². The number of ether oxygens (including phenoxy) is 2. The molecule has 1 aliphatic carbocycles. The maximum atomic E-state index is 5.64. The third kappa shape index (κ3) is 4.17. The van der Waals surface area contributed by atoms with Crippen LogP contribution in [0.25, 0.3) is 0 Å². The van der Waals surface area contributed by atoms with Crippen LogP contribution in [0.15, 0.2) is 11.8 Å². The summed E-state index contributed by atoms with van der Waals surface area (Å²) in [6, 6.07) is 0. The summed E-state index contributed by atoms with van der Waals surface area (Å²) in [4.78, 5) is 0. The Bertz CT molecular complexity index is 207. The van der Waals surface area contributed by atoms with Gasteiger partial charge in [0.2, 0.25) is 0 Å². The largest absolute Gasteiger partial charge is 0.501 e. The van der Waals surface area contributed by atoms with E-state index in [0.717, 1.165) is 32.2 Å². The maximum Gasteiger partial charge on any atom is 0.0876 e. The Morgan fingerprint density at radius 2 is 2.06 bits per heavy atom. The molecule has 0 spiro atoms. The van der Waals surface area contributed by atoms with Crippen LogP contribution in [0, 0.1) is 5.92 Å². The molecule has 0 amide bonds. The molecule has 0 aromatic heterocycles. The Morgan fingerprint density at radius 3 is 2.94 bits per heavy atom. The molecule has 2 heteroatoms. The Hall–Kier alpha value is -0.500. The molecular weight excluding hydrogens is 200 g/mol. The molecule has 1 heterocycles. The summed E-state index contributed by atoms with van der Waals surface area (Å²) >= 11 is 0. The van der Waals surface area contributed by atoms with Gasteiger partial charge in [-0.25, -0.2) is 0 Å². The first kappa shape index (κ1) is 12.0. The normalized spacial score (nSPS) is 26.5. The molecule has 1 unspecified atom stereocenters. The van der Waals surface area contributed by atoms with E-state index in [2.05, 4.69) is 0 Å². The van der Waals surface area contributed by atoms with Crippen molar-refractivity contribution in [3.05, 3.63) is 11.8 Å². The lowest BCUT2D eigenvalue weighted by molar-refractivity contribution is 0.102. The van der Waals surface area contributed by atoms with Gasteiger partial charge < -0.3 is 9.47 Å². The van der Waals surface area contributed by atoms with Gasteiger partial charge in [-0.05, 0) is 56.4 Å². The lowest BCUT2D eigenvalue weighted by atomic mass is 10.0. The minimum Gasteiger partial charge on any atom is -0.501 e. The third-order valence-corrected chi connectivity index (χ3v) is 3.64. The predicted octanol–water partition coefficient (Wildman–Crippen LogP) is 3.67. The Morgan fingerprint density at radius 1 is 1.19 bits per heavy atom. The van der Waals surface area contributed by atoms with Crippen molar-refractivity contribution in [3.63, 3.8) is 0 Å². The quantitative estimate of drug-likeness (QED) is 0.536. The highest BCUT2D eigenvalue weighted by Gasteiger charge is 2.12. The highest BCUT2D eigenvalue weighted by molar-refractivity contribution is 5.02. The first-order valence-corrected chi connectivity index (χ1v) is 6.82. The molecule has 2 nitrogen and oxygen atoms in total. The number of hydrogen-bond donors (Lipinski definition) is 0. The molecule has 1 atom stereocenters. The molecular formula is C14H24O2. The fourth-order valence-electron chi connectivity index (χ4n) is 2.56. The summed E-state index contributed by atoms with van der Waals surface area (Å²) < 4.78 is 11.2. The van der Waals surface area contributed by atoms with Crippen LogP contribution in [0.2, 0.25) is 0 Å². The minimum atomic E-state index is 0.726. The first-order valence-electron chi connectivity index (χ1n) is 6.82. The summed E-state index contributed by atoms with van der Waals surface area (Å²) in [5, 5.41) is 0.